The quantitative estimate of drug-likeness (QED) is 0.297. The molecule has 1 aromatic carbocycles. The molecule has 1 aliphatic heterocycles. The SMILES string of the molecule is CCNC(=NCc1cc2c(cc1OC(F)F)OCO2)NCc1cccc(N(C)C)n1.I. The van der Waals surface area contributed by atoms with Gasteiger partial charge >= 0.3 is 6.61 Å². The number of rotatable bonds is 8. The molecule has 0 saturated heterocycles. The van der Waals surface area contributed by atoms with Crippen LogP contribution >= 0.6 is 24.0 Å². The zero-order valence-corrected chi connectivity index (χ0v) is 19.9. The van der Waals surface area contributed by atoms with Gasteiger partial charge in [-0.15, -0.1) is 24.0 Å². The minimum atomic E-state index is -2.95. The van der Waals surface area contributed by atoms with E-state index in [1.165, 1.54) is 6.07 Å². The Kier molecular flexibility index (Phi) is 9.34. The van der Waals surface area contributed by atoms with Crippen molar-refractivity contribution in [3.05, 3.63) is 41.6 Å². The van der Waals surface area contributed by atoms with E-state index in [-0.39, 0.29) is 43.1 Å². The highest BCUT2D eigenvalue weighted by Gasteiger charge is 2.20. The van der Waals surface area contributed by atoms with Gasteiger partial charge in [0.1, 0.15) is 11.6 Å². The van der Waals surface area contributed by atoms with Crippen LogP contribution in [0, 0.1) is 0 Å². The standard InChI is InChI=1S/C20H25F2N5O3.HI/c1-4-23-20(25-11-14-6-5-7-18(26-14)27(2)3)24-10-13-8-16-17(29-12-28-16)9-15(13)30-19(21)22;/h5-9,19H,4,10-12H2,1-3H3,(H2,23,24,25);1H. The monoisotopic (exact) mass is 549 g/mol. The molecule has 2 aromatic rings. The Morgan fingerprint density at radius 2 is 1.97 bits per heavy atom. The number of anilines is 1. The van der Waals surface area contributed by atoms with Crippen LogP contribution in [0.25, 0.3) is 0 Å². The molecular weight excluding hydrogens is 523 g/mol. The van der Waals surface area contributed by atoms with Crippen LogP contribution in [0.2, 0.25) is 0 Å². The maximum atomic E-state index is 12.8. The van der Waals surface area contributed by atoms with E-state index in [1.807, 2.05) is 44.1 Å². The highest BCUT2D eigenvalue weighted by Crippen LogP contribution is 2.39. The van der Waals surface area contributed by atoms with Crippen molar-refractivity contribution in [3.8, 4) is 17.2 Å². The molecule has 0 amide bonds. The van der Waals surface area contributed by atoms with E-state index >= 15 is 0 Å². The van der Waals surface area contributed by atoms with Crippen molar-refractivity contribution in [1.29, 1.82) is 0 Å². The summed E-state index contributed by atoms with van der Waals surface area (Å²) in [5.74, 6) is 2.23. The van der Waals surface area contributed by atoms with Crippen LogP contribution in [0.1, 0.15) is 18.2 Å². The predicted molar refractivity (Wildman–Crippen MR) is 125 cm³/mol. The van der Waals surface area contributed by atoms with Gasteiger partial charge in [0.05, 0.1) is 18.8 Å². The summed E-state index contributed by atoms with van der Waals surface area (Å²) in [6, 6.07) is 8.78. The van der Waals surface area contributed by atoms with Crippen LogP contribution in [0.15, 0.2) is 35.3 Å². The molecule has 0 bridgehead atoms. The first-order valence-electron chi connectivity index (χ1n) is 9.49. The number of ether oxygens (including phenoxy) is 3. The molecule has 1 aliphatic rings. The zero-order chi connectivity index (χ0) is 21.5. The lowest BCUT2D eigenvalue weighted by molar-refractivity contribution is -0.0505. The molecule has 31 heavy (non-hydrogen) atoms. The lowest BCUT2D eigenvalue weighted by atomic mass is 10.1. The predicted octanol–water partition coefficient (Wildman–Crippen LogP) is 3.35. The first kappa shape index (κ1) is 24.7. The van der Waals surface area contributed by atoms with Crippen molar-refractivity contribution in [2.24, 2.45) is 4.99 Å². The van der Waals surface area contributed by atoms with Crippen molar-refractivity contribution in [1.82, 2.24) is 15.6 Å². The maximum absolute atomic E-state index is 12.8. The van der Waals surface area contributed by atoms with E-state index in [9.17, 15) is 8.78 Å². The van der Waals surface area contributed by atoms with Gasteiger partial charge in [-0.1, -0.05) is 6.07 Å². The van der Waals surface area contributed by atoms with E-state index in [0.29, 0.717) is 36.1 Å². The third kappa shape index (κ3) is 6.97. The van der Waals surface area contributed by atoms with E-state index in [4.69, 9.17) is 9.47 Å². The molecule has 0 atom stereocenters. The van der Waals surface area contributed by atoms with Crippen LogP contribution in [0.5, 0.6) is 17.2 Å². The summed E-state index contributed by atoms with van der Waals surface area (Å²) in [7, 11) is 3.85. The van der Waals surface area contributed by atoms with Crippen molar-refractivity contribution in [2.45, 2.75) is 26.6 Å². The molecule has 2 N–H and O–H groups in total. The van der Waals surface area contributed by atoms with Gasteiger partial charge < -0.3 is 29.7 Å². The number of pyridine rings is 1. The summed E-state index contributed by atoms with van der Waals surface area (Å²) in [5.41, 5.74) is 1.31. The lowest BCUT2D eigenvalue weighted by Crippen LogP contribution is -2.37. The van der Waals surface area contributed by atoms with Crippen molar-refractivity contribution < 1.29 is 23.0 Å². The summed E-state index contributed by atoms with van der Waals surface area (Å²) in [6.07, 6.45) is 0. The summed E-state index contributed by atoms with van der Waals surface area (Å²) in [6.45, 7) is 0.231. The Hall–Kier alpha value is -2.57. The molecule has 3 rings (SSSR count). The van der Waals surface area contributed by atoms with E-state index in [1.54, 1.807) is 6.07 Å². The lowest BCUT2D eigenvalue weighted by Gasteiger charge is -2.15. The number of halogens is 3. The van der Waals surface area contributed by atoms with Crippen LogP contribution in [0.4, 0.5) is 14.6 Å². The largest absolute Gasteiger partial charge is 0.454 e. The Bertz CT molecular complexity index is 899. The van der Waals surface area contributed by atoms with Gasteiger partial charge in [0.15, 0.2) is 17.5 Å². The molecular formula is C20H26F2IN5O3. The number of benzene rings is 1. The third-order valence-corrected chi connectivity index (χ3v) is 4.21. The van der Waals surface area contributed by atoms with Gasteiger partial charge in [-0.3, -0.25) is 0 Å². The fraction of sp³-hybridized carbons (Fsp3) is 0.400. The minimum absolute atomic E-state index is 0. The van der Waals surface area contributed by atoms with Crippen molar-refractivity contribution in [3.63, 3.8) is 0 Å². The highest BCUT2D eigenvalue weighted by molar-refractivity contribution is 14.0. The van der Waals surface area contributed by atoms with Crippen LogP contribution in [-0.4, -0.2) is 45.0 Å². The normalized spacial score (nSPS) is 12.4. The summed E-state index contributed by atoms with van der Waals surface area (Å²) < 4.78 is 40.8. The fourth-order valence-electron chi connectivity index (χ4n) is 2.79. The second-order valence-electron chi connectivity index (χ2n) is 6.62. The fourth-order valence-corrected chi connectivity index (χ4v) is 2.79. The highest BCUT2D eigenvalue weighted by atomic mass is 127. The maximum Gasteiger partial charge on any atom is 0.387 e. The summed E-state index contributed by atoms with van der Waals surface area (Å²) in [4.78, 5) is 11.0. The van der Waals surface area contributed by atoms with Crippen LogP contribution in [0.3, 0.4) is 0 Å². The molecule has 0 aliphatic carbocycles. The molecule has 170 valence electrons. The molecule has 1 aromatic heterocycles. The molecule has 11 heteroatoms. The number of nitrogens with zero attached hydrogens (tertiary/aromatic N) is 3. The van der Waals surface area contributed by atoms with Crippen molar-refractivity contribution in [2.75, 3.05) is 32.3 Å². The van der Waals surface area contributed by atoms with Gasteiger partial charge in [-0.25, -0.2) is 9.98 Å². The van der Waals surface area contributed by atoms with Crippen LogP contribution in [-0.2, 0) is 13.1 Å². The van der Waals surface area contributed by atoms with Crippen LogP contribution < -0.4 is 29.7 Å². The Balaban J connectivity index is 0.00000341. The molecule has 0 unspecified atom stereocenters. The summed E-state index contributed by atoms with van der Waals surface area (Å²) >= 11 is 0. The topological polar surface area (TPSA) is 80.2 Å². The molecule has 8 nitrogen and oxygen atoms in total. The number of nitrogens with one attached hydrogen (secondary N) is 2. The number of guanidine groups is 1. The second kappa shape index (κ2) is 11.7. The zero-order valence-electron chi connectivity index (χ0n) is 17.5. The van der Waals surface area contributed by atoms with Gasteiger partial charge in [0, 0.05) is 32.3 Å². The Morgan fingerprint density at radius 1 is 1.23 bits per heavy atom. The first-order valence-corrected chi connectivity index (χ1v) is 9.49. The van der Waals surface area contributed by atoms with Gasteiger partial charge in [-0.05, 0) is 25.1 Å². The molecule has 0 spiro atoms. The number of hydrogen-bond acceptors (Lipinski definition) is 6. The van der Waals surface area contributed by atoms with Gasteiger partial charge in [-0.2, -0.15) is 8.78 Å². The number of alkyl halides is 2. The van der Waals surface area contributed by atoms with E-state index < -0.39 is 6.61 Å². The number of aromatic nitrogens is 1. The molecule has 2 heterocycles. The Morgan fingerprint density at radius 3 is 2.65 bits per heavy atom. The molecule has 0 radical (unpaired) electrons. The number of fused-ring (bicyclic) bond motifs is 1. The number of aliphatic imine (C=N–C) groups is 1. The first-order chi connectivity index (χ1) is 14.5. The number of hydrogen-bond donors (Lipinski definition) is 2. The minimum Gasteiger partial charge on any atom is -0.454 e. The van der Waals surface area contributed by atoms with E-state index in [2.05, 4.69) is 25.3 Å². The average molecular weight is 549 g/mol. The molecule has 0 saturated carbocycles. The van der Waals surface area contributed by atoms with Gasteiger partial charge in [0.25, 0.3) is 0 Å². The third-order valence-electron chi connectivity index (χ3n) is 4.21. The van der Waals surface area contributed by atoms with E-state index in [0.717, 1.165) is 11.5 Å². The summed E-state index contributed by atoms with van der Waals surface area (Å²) in [5, 5.41) is 6.33. The average Bonchev–Trinajstić information content (AvgIpc) is 3.17. The Labute approximate surface area is 197 Å². The smallest absolute Gasteiger partial charge is 0.387 e. The molecule has 0 fully saturated rings. The van der Waals surface area contributed by atoms with Gasteiger partial charge in [0.2, 0.25) is 6.79 Å². The second-order valence-corrected chi connectivity index (χ2v) is 6.62. The van der Waals surface area contributed by atoms with Crippen molar-refractivity contribution >= 4 is 35.8 Å².